The fourth-order valence-electron chi connectivity index (χ4n) is 0.720. The van der Waals surface area contributed by atoms with E-state index in [2.05, 4.69) is 4.98 Å². The first-order valence-electron chi connectivity index (χ1n) is 3.62. The molecule has 1 rings (SSSR count). The monoisotopic (exact) mass is 249 g/mol. The number of halogens is 2. The van der Waals surface area contributed by atoms with E-state index in [0.717, 1.165) is 11.3 Å². The third-order valence-corrected chi connectivity index (χ3v) is 3.27. The van der Waals surface area contributed by atoms with Crippen LogP contribution in [-0.2, 0) is 4.79 Å². The number of nitrogens with one attached hydrogen (secondary N) is 1. The second kappa shape index (κ2) is 5.04. The third kappa shape index (κ3) is 2.87. The average Bonchev–Trinajstić information content (AvgIpc) is 2.60. The van der Waals surface area contributed by atoms with Crippen LogP contribution >= 0.6 is 23.1 Å². The summed E-state index contributed by atoms with van der Waals surface area (Å²) in [6.07, 6.45) is -1.38. The number of anilines is 1. The van der Waals surface area contributed by atoms with Gasteiger partial charge in [0, 0.05) is 0 Å². The second-order valence-corrected chi connectivity index (χ2v) is 4.32. The molecule has 15 heavy (non-hydrogen) atoms. The van der Waals surface area contributed by atoms with Crippen LogP contribution in [0.4, 0.5) is 14.6 Å². The van der Waals surface area contributed by atoms with Crippen molar-refractivity contribution in [2.75, 3.05) is 11.6 Å². The Hall–Kier alpha value is -1.20. The van der Waals surface area contributed by atoms with E-state index in [1.807, 2.05) is 5.32 Å². The number of hydrogen-bond acceptors (Lipinski definition) is 5. The van der Waals surface area contributed by atoms with Gasteiger partial charge >= 0.3 is 6.43 Å². The van der Waals surface area contributed by atoms with Crippen LogP contribution in [0.15, 0.2) is 4.34 Å². The van der Waals surface area contributed by atoms with Crippen molar-refractivity contribution in [1.29, 1.82) is 5.26 Å². The standard InChI is InChI=1S/C7H5F2N3OS2/c1-14-7-12-5(3(2-10)15-7)11-6(13)4(8)9/h4H,1H3,(H,11,13). The molecule has 0 aromatic carbocycles. The summed E-state index contributed by atoms with van der Waals surface area (Å²) in [5.74, 6) is -1.55. The number of aromatic nitrogens is 1. The molecule has 8 heteroatoms. The number of carbonyl (C=O) groups excluding carboxylic acids is 1. The highest BCUT2D eigenvalue weighted by molar-refractivity contribution is 8.00. The Morgan fingerprint density at radius 1 is 1.73 bits per heavy atom. The molecular weight excluding hydrogens is 244 g/mol. The molecule has 4 nitrogen and oxygen atoms in total. The average molecular weight is 249 g/mol. The van der Waals surface area contributed by atoms with Gasteiger partial charge in [-0.05, 0) is 6.26 Å². The number of thiazole rings is 1. The molecule has 1 heterocycles. The molecule has 0 aliphatic carbocycles. The van der Waals surface area contributed by atoms with E-state index in [4.69, 9.17) is 5.26 Å². The first-order valence-corrected chi connectivity index (χ1v) is 5.66. The molecule has 80 valence electrons. The van der Waals surface area contributed by atoms with Crippen LogP contribution in [0.5, 0.6) is 0 Å². The Morgan fingerprint density at radius 2 is 2.40 bits per heavy atom. The van der Waals surface area contributed by atoms with Gasteiger partial charge in [-0.15, -0.1) is 0 Å². The predicted octanol–water partition coefficient (Wildman–Crippen LogP) is 1.94. The van der Waals surface area contributed by atoms with E-state index in [1.165, 1.54) is 11.8 Å². The normalized spacial score (nSPS) is 10.1. The number of thioether (sulfide) groups is 1. The first kappa shape index (κ1) is 11.9. The van der Waals surface area contributed by atoms with Gasteiger partial charge in [0.2, 0.25) is 0 Å². The summed E-state index contributed by atoms with van der Waals surface area (Å²) in [6, 6.07) is 1.78. The van der Waals surface area contributed by atoms with Crippen molar-refractivity contribution < 1.29 is 13.6 Å². The van der Waals surface area contributed by atoms with E-state index in [-0.39, 0.29) is 10.7 Å². The van der Waals surface area contributed by atoms with E-state index in [1.54, 1.807) is 12.3 Å². The number of amides is 1. The molecule has 0 spiro atoms. The highest BCUT2D eigenvalue weighted by Gasteiger charge is 2.19. The number of nitriles is 1. The first-order chi connectivity index (χ1) is 7.08. The molecule has 0 bridgehead atoms. The van der Waals surface area contributed by atoms with Crippen molar-refractivity contribution in [1.82, 2.24) is 4.98 Å². The Balaban J connectivity index is 2.89. The molecular formula is C7H5F2N3OS2. The number of carbonyl (C=O) groups is 1. The van der Waals surface area contributed by atoms with E-state index >= 15 is 0 Å². The van der Waals surface area contributed by atoms with Gasteiger partial charge in [-0.1, -0.05) is 23.1 Å². The molecule has 0 atom stereocenters. The Kier molecular flexibility index (Phi) is 3.99. The number of rotatable bonds is 3. The number of alkyl halides is 2. The van der Waals surface area contributed by atoms with Crippen molar-refractivity contribution >= 4 is 34.8 Å². The highest BCUT2D eigenvalue weighted by Crippen LogP contribution is 2.28. The zero-order chi connectivity index (χ0) is 11.4. The minimum Gasteiger partial charge on any atom is -0.304 e. The van der Waals surface area contributed by atoms with Gasteiger partial charge < -0.3 is 5.32 Å². The van der Waals surface area contributed by atoms with Crippen LogP contribution < -0.4 is 5.32 Å². The maximum Gasteiger partial charge on any atom is 0.315 e. The zero-order valence-corrected chi connectivity index (χ0v) is 9.09. The fourth-order valence-corrected chi connectivity index (χ4v) is 2.04. The lowest BCUT2D eigenvalue weighted by Gasteiger charge is -1.99. The van der Waals surface area contributed by atoms with Crippen LogP contribution in [0.2, 0.25) is 0 Å². The van der Waals surface area contributed by atoms with Crippen molar-refractivity contribution in [2.45, 2.75) is 10.8 Å². The lowest BCUT2D eigenvalue weighted by Crippen LogP contribution is -2.20. The van der Waals surface area contributed by atoms with Crippen LogP contribution in [0.1, 0.15) is 4.88 Å². The van der Waals surface area contributed by atoms with Gasteiger partial charge in [-0.3, -0.25) is 4.79 Å². The molecule has 1 amide bonds. The second-order valence-electron chi connectivity index (χ2n) is 2.26. The minimum atomic E-state index is -3.11. The lowest BCUT2D eigenvalue weighted by molar-refractivity contribution is -0.126. The van der Waals surface area contributed by atoms with Crippen molar-refractivity contribution in [2.24, 2.45) is 0 Å². The molecule has 1 aromatic heterocycles. The Bertz CT molecular complexity index is 413. The van der Waals surface area contributed by atoms with Gasteiger partial charge in [-0.2, -0.15) is 14.0 Å². The molecule has 0 radical (unpaired) electrons. The molecule has 0 aliphatic rings. The smallest absolute Gasteiger partial charge is 0.304 e. The molecule has 1 N–H and O–H groups in total. The Morgan fingerprint density at radius 3 is 2.87 bits per heavy atom. The topological polar surface area (TPSA) is 65.8 Å². The van der Waals surface area contributed by atoms with Gasteiger partial charge in [-0.25, -0.2) is 4.98 Å². The summed E-state index contributed by atoms with van der Waals surface area (Å²) in [5, 5.41) is 10.5. The van der Waals surface area contributed by atoms with E-state index < -0.39 is 12.3 Å². The summed E-state index contributed by atoms with van der Waals surface area (Å²) >= 11 is 2.32. The van der Waals surface area contributed by atoms with Gasteiger partial charge in [0.05, 0.1) is 0 Å². The van der Waals surface area contributed by atoms with Crippen LogP contribution in [-0.4, -0.2) is 23.6 Å². The minimum absolute atomic E-state index is 0.0999. The largest absolute Gasteiger partial charge is 0.315 e. The zero-order valence-electron chi connectivity index (χ0n) is 7.45. The van der Waals surface area contributed by atoms with E-state index in [0.29, 0.717) is 4.34 Å². The maximum absolute atomic E-state index is 11.9. The lowest BCUT2D eigenvalue weighted by atomic mass is 10.5. The predicted molar refractivity (Wildman–Crippen MR) is 53.2 cm³/mol. The summed E-state index contributed by atoms with van der Waals surface area (Å²) in [4.78, 5) is 14.6. The van der Waals surface area contributed by atoms with Crippen molar-refractivity contribution in [3.05, 3.63) is 4.88 Å². The van der Waals surface area contributed by atoms with E-state index in [9.17, 15) is 13.6 Å². The summed E-state index contributed by atoms with van der Waals surface area (Å²) in [5.41, 5.74) is 0. The Labute approximate surface area is 92.3 Å². The maximum atomic E-state index is 11.9. The summed E-state index contributed by atoms with van der Waals surface area (Å²) < 4.78 is 24.4. The van der Waals surface area contributed by atoms with Crippen molar-refractivity contribution in [3.63, 3.8) is 0 Å². The quantitative estimate of drug-likeness (QED) is 0.831. The molecule has 0 aliphatic heterocycles. The summed E-state index contributed by atoms with van der Waals surface area (Å²) in [7, 11) is 0. The summed E-state index contributed by atoms with van der Waals surface area (Å²) in [6.45, 7) is 0. The van der Waals surface area contributed by atoms with Crippen LogP contribution in [0.25, 0.3) is 0 Å². The van der Waals surface area contributed by atoms with Gasteiger partial charge in [0.15, 0.2) is 10.2 Å². The molecule has 0 saturated carbocycles. The molecule has 0 fully saturated rings. The molecule has 0 saturated heterocycles. The number of hydrogen-bond donors (Lipinski definition) is 1. The van der Waals surface area contributed by atoms with Crippen molar-refractivity contribution in [3.8, 4) is 6.07 Å². The third-order valence-electron chi connectivity index (χ3n) is 1.32. The molecule has 0 unspecified atom stereocenters. The van der Waals surface area contributed by atoms with Crippen LogP contribution in [0, 0.1) is 11.3 Å². The number of nitrogens with zero attached hydrogens (tertiary/aromatic N) is 2. The highest BCUT2D eigenvalue weighted by atomic mass is 32.2. The van der Waals surface area contributed by atoms with Crippen LogP contribution in [0.3, 0.4) is 0 Å². The molecule has 1 aromatic rings. The van der Waals surface area contributed by atoms with Gasteiger partial charge in [0.1, 0.15) is 10.9 Å². The SMILES string of the molecule is CSc1nc(NC(=O)C(F)F)c(C#N)s1. The van der Waals surface area contributed by atoms with Gasteiger partial charge in [0.25, 0.3) is 5.91 Å². The fraction of sp³-hybridized carbons (Fsp3) is 0.286.